The van der Waals surface area contributed by atoms with E-state index in [1.54, 1.807) is 0 Å². The summed E-state index contributed by atoms with van der Waals surface area (Å²) in [4.78, 5) is 12.0. The van der Waals surface area contributed by atoms with Crippen molar-refractivity contribution in [3.8, 4) is 0 Å². The SMILES string of the molecule is C[CH-]NCCCCC(NC(C)C)C(=O)C(C)C.[W].[W]. The molecule has 0 aromatic rings. The zero-order valence-corrected chi connectivity index (χ0v) is 18.7. The number of Topliss-reactive ketones (excluding diaryl/α,β-unsaturated/α-hetero) is 1. The van der Waals surface area contributed by atoms with E-state index in [2.05, 4.69) is 24.5 Å². The Kier molecular flexibility index (Phi) is 20.2. The van der Waals surface area contributed by atoms with Gasteiger partial charge in [0.25, 0.3) is 0 Å². The second-order valence-corrected chi connectivity index (χ2v) is 5.17. The molecule has 0 heterocycles. The maximum Gasteiger partial charge on any atom is 0.152 e. The minimum atomic E-state index is 0. The fraction of sp³-hybridized carbons (Fsp3) is 0.857. The quantitative estimate of drug-likeness (QED) is 0.296. The average Bonchev–Trinajstić information content (AvgIpc) is 2.25. The summed E-state index contributed by atoms with van der Waals surface area (Å²) in [5.41, 5.74) is 0. The molecule has 0 fully saturated rings. The predicted octanol–water partition coefficient (Wildman–Crippen LogP) is 2.51. The largest absolute Gasteiger partial charge is 0.470 e. The van der Waals surface area contributed by atoms with Crippen molar-refractivity contribution in [1.29, 1.82) is 0 Å². The van der Waals surface area contributed by atoms with Gasteiger partial charge in [-0.1, -0.05) is 34.1 Å². The van der Waals surface area contributed by atoms with Gasteiger partial charge in [-0.3, -0.25) is 11.3 Å². The molecule has 0 spiro atoms. The van der Waals surface area contributed by atoms with Crippen LogP contribution in [0.2, 0.25) is 0 Å². The van der Waals surface area contributed by atoms with Gasteiger partial charge < -0.3 is 10.6 Å². The van der Waals surface area contributed by atoms with Crippen molar-refractivity contribution in [3.05, 3.63) is 6.54 Å². The summed E-state index contributed by atoms with van der Waals surface area (Å²) in [7, 11) is 0. The van der Waals surface area contributed by atoms with Gasteiger partial charge in [0.15, 0.2) is 5.78 Å². The molecule has 1 unspecified atom stereocenters. The fourth-order valence-electron chi connectivity index (χ4n) is 1.83. The second kappa shape index (κ2) is 15.4. The maximum absolute atomic E-state index is 12.0. The minimum absolute atomic E-state index is 0. The molecule has 3 nitrogen and oxygen atoms in total. The zero-order chi connectivity index (χ0) is 13.3. The first-order valence-electron chi connectivity index (χ1n) is 6.80. The maximum atomic E-state index is 12.0. The van der Waals surface area contributed by atoms with Crippen molar-refractivity contribution in [3.63, 3.8) is 0 Å². The Morgan fingerprint density at radius 1 is 1.11 bits per heavy atom. The van der Waals surface area contributed by atoms with Crippen molar-refractivity contribution < 1.29 is 46.9 Å². The van der Waals surface area contributed by atoms with Crippen LogP contribution in [0.4, 0.5) is 0 Å². The van der Waals surface area contributed by atoms with Crippen LogP contribution in [0.1, 0.15) is 53.9 Å². The molecule has 0 rings (SSSR count). The molecule has 114 valence electrons. The molecule has 5 heteroatoms. The molecular weight excluding hydrogens is 580 g/mol. The Balaban J connectivity index is -0.00000128. The second-order valence-electron chi connectivity index (χ2n) is 5.17. The Morgan fingerprint density at radius 2 is 1.68 bits per heavy atom. The average molecular weight is 609 g/mol. The van der Waals surface area contributed by atoms with Gasteiger partial charge in [0.1, 0.15) is 0 Å². The van der Waals surface area contributed by atoms with Gasteiger partial charge >= 0.3 is 0 Å². The monoisotopic (exact) mass is 609 g/mol. The first-order valence-corrected chi connectivity index (χ1v) is 6.80. The summed E-state index contributed by atoms with van der Waals surface area (Å²) < 4.78 is 0. The van der Waals surface area contributed by atoms with Gasteiger partial charge in [-0.05, 0) is 19.4 Å². The molecule has 0 amide bonds. The summed E-state index contributed by atoms with van der Waals surface area (Å²) >= 11 is 0. The summed E-state index contributed by atoms with van der Waals surface area (Å²) in [6.07, 6.45) is 3.15. The molecule has 0 aromatic heterocycles. The topological polar surface area (TPSA) is 41.1 Å². The van der Waals surface area contributed by atoms with Crippen LogP contribution in [0.5, 0.6) is 0 Å². The minimum Gasteiger partial charge on any atom is -0.470 e. The van der Waals surface area contributed by atoms with E-state index in [1.807, 2.05) is 27.3 Å². The number of nitrogens with one attached hydrogen (secondary N) is 2. The summed E-state index contributed by atoms with van der Waals surface area (Å²) in [5.74, 6) is 0.460. The van der Waals surface area contributed by atoms with Crippen LogP contribution in [0.25, 0.3) is 0 Å². The molecule has 0 radical (unpaired) electrons. The fourth-order valence-corrected chi connectivity index (χ4v) is 1.83. The number of hydrogen-bond donors (Lipinski definition) is 2. The Hall–Kier alpha value is 0.967. The van der Waals surface area contributed by atoms with Crippen LogP contribution in [-0.2, 0) is 46.9 Å². The van der Waals surface area contributed by atoms with Crippen LogP contribution < -0.4 is 10.6 Å². The molecule has 19 heavy (non-hydrogen) atoms. The molecular formula is C14H29N2OW2-. The van der Waals surface area contributed by atoms with Crippen molar-refractivity contribution in [1.82, 2.24) is 10.6 Å². The van der Waals surface area contributed by atoms with Gasteiger partial charge in [0, 0.05) is 54.1 Å². The van der Waals surface area contributed by atoms with Crippen molar-refractivity contribution in [2.45, 2.75) is 66.0 Å². The molecule has 0 saturated carbocycles. The Morgan fingerprint density at radius 3 is 2.11 bits per heavy atom. The van der Waals surface area contributed by atoms with Crippen LogP contribution in [0.3, 0.4) is 0 Å². The smallest absolute Gasteiger partial charge is 0.152 e. The van der Waals surface area contributed by atoms with E-state index in [9.17, 15) is 4.79 Å². The van der Waals surface area contributed by atoms with E-state index < -0.39 is 0 Å². The summed E-state index contributed by atoms with van der Waals surface area (Å²) in [5, 5.41) is 6.56. The standard InChI is InChI=1S/C14H29N2O.2W/c1-6-15-10-8-7-9-13(16-12(4)5)14(17)11(2)3;;/h6,11-13,15-16H,7-10H2,1-5H3;;/q-1;;. The van der Waals surface area contributed by atoms with E-state index in [-0.39, 0.29) is 54.1 Å². The molecule has 0 bridgehead atoms. The van der Waals surface area contributed by atoms with Crippen LogP contribution in [0, 0.1) is 12.5 Å². The predicted molar refractivity (Wildman–Crippen MR) is 73.7 cm³/mol. The molecule has 1 atom stereocenters. The molecule has 0 aliphatic rings. The van der Waals surface area contributed by atoms with Gasteiger partial charge in [-0.15, -0.1) is 0 Å². The van der Waals surface area contributed by atoms with Gasteiger partial charge in [-0.25, -0.2) is 0 Å². The number of carbonyl (C=O) groups is 1. The molecule has 2 N–H and O–H groups in total. The third kappa shape index (κ3) is 13.7. The normalized spacial score (nSPS) is 11.9. The summed E-state index contributed by atoms with van der Waals surface area (Å²) in [6.45, 7) is 13.1. The van der Waals surface area contributed by atoms with Crippen molar-refractivity contribution >= 4 is 5.78 Å². The number of ketones is 1. The van der Waals surface area contributed by atoms with Crippen molar-refractivity contribution in [2.24, 2.45) is 5.92 Å². The Bertz CT molecular complexity index is 212. The molecule has 0 saturated heterocycles. The van der Waals surface area contributed by atoms with Gasteiger partial charge in [-0.2, -0.15) is 6.92 Å². The van der Waals surface area contributed by atoms with E-state index in [1.165, 1.54) is 0 Å². The third-order valence-electron chi connectivity index (χ3n) is 2.72. The van der Waals surface area contributed by atoms with E-state index >= 15 is 0 Å². The number of rotatable bonds is 10. The molecule has 0 aromatic carbocycles. The third-order valence-corrected chi connectivity index (χ3v) is 2.72. The first kappa shape index (κ1) is 25.0. The van der Waals surface area contributed by atoms with E-state index in [4.69, 9.17) is 0 Å². The van der Waals surface area contributed by atoms with Crippen LogP contribution >= 0.6 is 0 Å². The number of unbranched alkanes of at least 4 members (excludes halogenated alkanes) is 1. The van der Waals surface area contributed by atoms with E-state index in [0.29, 0.717) is 11.8 Å². The van der Waals surface area contributed by atoms with Crippen molar-refractivity contribution in [2.75, 3.05) is 6.54 Å². The number of carbonyl (C=O) groups excluding carboxylic acids is 1. The van der Waals surface area contributed by atoms with Crippen LogP contribution in [0.15, 0.2) is 0 Å². The van der Waals surface area contributed by atoms with Gasteiger partial charge in [0.2, 0.25) is 0 Å². The Labute approximate surface area is 148 Å². The van der Waals surface area contributed by atoms with Crippen LogP contribution in [-0.4, -0.2) is 24.4 Å². The molecule has 0 aliphatic carbocycles. The zero-order valence-electron chi connectivity index (χ0n) is 12.9. The number of hydrogen-bond acceptors (Lipinski definition) is 3. The first-order chi connectivity index (χ1) is 7.99. The van der Waals surface area contributed by atoms with E-state index in [0.717, 1.165) is 25.8 Å². The van der Waals surface area contributed by atoms with Gasteiger partial charge in [0.05, 0.1) is 6.04 Å². The molecule has 0 aliphatic heterocycles. The summed E-state index contributed by atoms with van der Waals surface area (Å²) in [6, 6.07) is 0.394.